The van der Waals surface area contributed by atoms with Gasteiger partial charge in [0.05, 0.1) is 12.6 Å². The molecule has 4 nitrogen and oxygen atoms in total. The average Bonchev–Trinajstić information content (AvgIpc) is 3.10. The highest BCUT2D eigenvalue weighted by atomic mass is 16.6. The van der Waals surface area contributed by atoms with Gasteiger partial charge in [-0.15, -0.1) is 0 Å². The minimum atomic E-state index is -0.755. The summed E-state index contributed by atoms with van der Waals surface area (Å²) in [5.74, 6) is 0.0226. The first-order valence-corrected chi connectivity index (χ1v) is 10.4. The van der Waals surface area contributed by atoms with E-state index in [1.165, 1.54) is 22.3 Å². The summed E-state index contributed by atoms with van der Waals surface area (Å²) < 4.78 is 5.78. The number of fused-ring (bicyclic) bond motifs is 3. The van der Waals surface area contributed by atoms with Crippen molar-refractivity contribution in [3.8, 4) is 11.1 Å². The molecular weight excluding hydrogens is 374 g/mol. The van der Waals surface area contributed by atoms with Crippen molar-refractivity contribution in [1.82, 2.24) is 4.90 Å². The number of carbonyl (C=O) groups is 1. The quantitative estimate of drug-likeness (QED) is 0.603. The van der Waals surface area contributed by atoms with Crippen LogP contribution >= 0.6 is 0 Å². The molecule has 1 unspecified atom stereocenters. The van der Waals surface area contributed by atoms with Crippen LogP contribution in [0.2, 0.25) is 0 Å². The Morgan fingerprint density at radius 1 is 0.900 bits per heavy atom. The molecule has 1 aliphatic rings. The third-order valence-corrected chi connectivity index (χ3v) is 5.75. The lowest BCUT2D eigenvalue weighted by molar-refractivity contribution is 0.0594. The van der Waals surface area contributed by atoms with E-state index in [4.69, 9.17) is 4.74 Å². The zero-order valence-corrected chi connectivity index (χ0v) is 17.4. The standard InChI is InChI=1S/C26H27NO3/c1-18(2)27(16-25(28)19-10-4-3-5-11-19)26(29)30-17-24-22-14-8-6-12-20(22)21-13-7-9-15-23(21)24/h3-15,18,24-25,28H,16-17H2,1-2H3. The fraction of sp³-hybridized carbons (Fsp3) is 0.269. The van der Waals surface area contributed by atoms with Gasteiger partial charge in [-0.25, -0.2) is 4.79 Å². The highest BCUT2D eigenvalue weighted by molar-refractivity contribution is 5.79. The van der Waals surface area contributed by atoms with Gasteiger partial charge in [-0.3, -0.25) is 0 Å². The Morgan fingerprint density at radius 2 is 1.43 bits per heavy atom. The number of amides is 1. The van der Waals surface area contributed by atoms with Crippen LogP contribution in [0, 0.1) is 0 Å². The fourth-order valence-corrected chi connectivity index (χ4v) is 4.14. The number of carbonyl (C=O) groups excluding carboxylic acids is 1. The Hall–Kier alpha value is -3.11. The van der Waals surface area contributed by atoms with Crippen molar-refractivity contribution in [2.24, 2.45) is 0 Å². The molecule has 0 bridgehead atoms. The molecule has 0 spiro atoms. The summed E-state index contributed by atoms with van der Waals surface area (Å²) >= 11 is 0. The van der Waals surface area contributed by atoms with E-state index in [2.05, 4.69) is 24.3 Å². The molecule has 0 fully saturated rings. The zero-order valence-electron chi connectivity index (χ0n) is 17.4. The minimum absolute atomic E-state index is 0.0226. The SMILES string of the molecule is CC(C)N(CC(O)c1ccccc1)C(=O)OCC1c2ccccc2-c2ccccc21. The van der Waals surface area contributed by atoms with E-state index >= 15 is 0 Å². The van der Waals surface area contributed by atoms with E-state index in [0.717, 1.165) is 5.56 Å². The van der Waals surface area contributed by atoms with Gasteiger partial charge in [0.2, 0.25) is 0 Å². The maximum atomic E-state index is 12.9. The molecule has 154 valence electrons. The second kappa shape index (κ2) is 8.72. The molecule has 0 aromatic heterocycles. The van der Waals surface area contributed by atoms with Gasteiger partial charge in [-0.1, -0.05) is 78.9 Å². The molecule has 3 aromatic rings. The number of ether oxygens (including phenoxy) is 1. The van der Waals surface area contributed by atoms with E-state index in [1.807, 2.05) is 68.4 Å². The summed E-state index contributed by atoms with van der Waals surface area (Å²) in [4.78, 5) is 14.5. The van der Waals surface area contributed by atoms with Gasteiger partial charge in [-0.05, 0) is 41.7 Å². The van der Waals surface area contributed by atoms with Crippen molar-refractivity contribution < 1.29 is 14.6 Å². The van der Waals surface area contributed by atoms with Gasteiger partial charge >= 0.3 is 6.09 Å². The Labute approximate surface area is 177 Å². The van der Waals surface area contributed by atoms with Gasteiger partial charge < -0.3 is 14.7 Å². The normalized spacial score (nSPS) is 13.6. The summed E-state index contributed by atoms with van der Waals surface area (Å²) in [6.45, 7) is 4.33. The largest absolute Gasteiger partial charge is 0.448 e. The minimum Gasteiger partial charge on any atom is -0.448 e. The number of aliphatic hydroxyl groups is 1. The van der Waals surface area contributed by atoms with Crippen LogP contribution < -0.4 is 0 Å². The fourth-order valence-electron chi connectivity index (χ4n) is 4.14. The molecule has 1 N–H and O–H groups in total. The number of rotatable bonds is 6. The number of hydrogen-bond donors (Lipinski definition) is 1. The summed E-state index contributed by atoms with van der Waals surface area (Å²) in [5, 5.41) is 10.6. The molecular formula is C26H27NO3. The van der Waals surface area contributed by atoms with Crippen molar-refractivity contribution >= 4 is 6.09 Å². The van der Waals surface area contributed by atoms with Crippen molar-refractivity contribution in [3.63, 3.8) is 0 Å². The first kappa shape index (κ1) is 20.2. The molecule has 30 heavy (non-hydrogen) atoms. The summed E-state index contributed by atoms with van der Waals surface area (Å²) in [6.07, 6.45) is -1.16. The molecule has 0 saturated heterocycles. The molecule has 0 saturated carbocycles. The molecule has 0 heterocycles. The number of nitrogens with zero attached hydrogens (tertiary/aromatic N) is 1. The summed E-state index contributed by atoms with van der Waals surface area (Å²) in [5.41, 5.74) is 5.57. The van der Waals surface area contributed by atoms with Crippen LogP contribution in [-0.2, 0) is 4.74 Å². The first-order valence-electron chi connectivity index (χ1n) is 10.4. The van der Waals surface area contributed by atoms with Gasteiger partial charge in [-0.2, -0.15) is 0 Å². The Balaban J connectivity index is 1.48. The van der Waals surface area contributed by atoms with E-state index in [1.54, 1.807) is 4.90 Å². The average molecular weight is 402 g/mol. The highest BCUT2D eigenvalue weighted by Gasteiger charge is 2.30. The van der Waals surface area contributed by atoms with Gasteiger partial charge in [0, 0.05) is 12.0 Å². The lowest BCUT2D eigenvalue weighted by Gasteiger charge is -2.29. The van der Waals surface area contributed by atoms with Gasteiger partial charge in [0.1, 0.15) is 6.61 Å². The molecule has 1 aliphatic carbocycles. The van der Waals surface area contributed by atoms with Crippen LogP contribution in [0.25, 0.3) is 11.1 Å². The van der Waals surface area contributed by atoms with Crippen molar-refractivity contribution in [3.05, 3.63) is 95.6 Å². The topological polar surface area (TPSA) is 49.8 Å². The molecule has 1 atom stereocenters. The van der Waals surface area contributed by atoms with Gasteiger partial charge in [0.15, 0.2) is 0 Å². The van der Waals surface area contributed by atoms with Crippen LogP contribution in [-0.4, -0.2) is 35.3 Å². The first-order chi connectivity index (χ1) is 14.6. The zero-order chi connectivity index (χ0) is 21.1. The van der Waals surface area contributed by atoms with Crippen molar-refractivity contribution in [1.29, 1.82) is 0 Å². The Kier molecular flexibility index (Phi) is 5.86. The predicted molar refractivity (Wildman–Crippen MR) is 118 cm³/mol. The molecule has 1 amide bonds. The van der Waals surface area contributed by atoms with E-state index in [0.29, 0.717) is 0 Å². The Morgan fingerprint density at radius 3 is 2.00 bits per heavy atom. The molecule has 3 aromatic carbocycles. The van der Waals surface area contributed by atoms with E-state index in [9.17, 15) is 9.90 Å². The number of hydrogen-bond acceptors (Lipinski definition) is 3. The van der Waals surface area contributed by atoms with E-state index < -0.39 is 12.2 Å². The monoisotopic (exact) mass is 401 g/mol. The number of benzene rings is 3. The van der Waals surface area contributed by atoms with Crippen LogP contribution in [0.5, 0.6) is 0 Å². The summed E-state index contributed by atoms with van der Waals surface area (Å²) in [7, 11) is 0. The molecule has 0 aliphatic heterocycles. The predicted octanol–water partition coefficient (Wildman–Crippen LogP) is 5.38. The van der Waals surface area contributed by atoms with Crippen LogP contribution in [0.4, 0.5) is 4.79 Å². The third-order valence-electron chi connectivity index (χ3n) is 5.75. The Bertz CT molecular complexity index is 970. The smallest absolute Gasteiger partial charge is 0.410 e. The lowest BCUT2D eigenvalue weighted by Crippen LogP contribution is -2.40. The second-order valence-corrected chi connectivity index (χ2v) is 7.98. The molecule has 0 radical (unpaired) electrons. The van der Waals surface area contributed by atoms with Crippen molar-refractivity contribution in [2.75, 3.05) is 13.2 Å². The van der Waals surface area contributed by atoms with Crippen LogP contribution in [0.3, 0.4) is 0 Å². The van der Waals surface area contributed by atoms with Crippen LogP contribution in [0.1, 0.15) is 42.6 Å². The lowest BCUT2D eigenvalue weighted by atomic mass is 9.98. The highest BCUT2D eigenvalue weighted by Crippen LogP contribution is 2.44. The third kappa shape index (κ3) is 3.96. The molecule has 4 heteroatoms. The maximum absolute atomic E-state index is 12.9. The van der Waals surface area contributed by atoms with Gasteiger partial charge in [0.25, 0.3) is 0 Å². The van der Waals surface area contributed by atoms with Crippen LogP contribution in [0.15, 0.2) is 78.9 Å². The number of aliphatic hydroxyl groups excluding tert-OH is 1. The second-order valence-electron chi connectivity index (χ2n) is 7.98. The van der Waals surface area contributed by atoms with Crippen molar-refractivity contribution in [2.45, 2.75) is 31.9 Å². The summed E-state index contributed by atoms with van der Waals surface area (Å²) in [6, 6.07) is 25.9. The maximum Gasteiger partial charge on any atom is 0.410 e. The van der Waals surface area contributed by atoms with E-state index in [-0.39, 0.29) is 25.1 Å². The molecule has 4 rings (SSSR count).